The molecule has 4 rings (SSSR count). The Kier molecular flexibility index (Phi) is 7.62. The van der Waals surface area contributed by atoms with Crippen LogP contribution in [0, 0.1) is 6.92 Å². The van der Waals surface area contributed by atoms with Crippen LogP contribution < -0.4 is 9.64 Å². The highest BCUT2D eigenvalue weighted by Crippen LogP contribution is 2.42. The lowest BCUT2D eigenvalue weighted by atomic mass is 9.95. The van der Waals surface area contributed by atoms with Gasteiger partial charge >= 0.3 is 5.97 Å². The SMILES string of the molecule is Cc1cc(/C(O)=C2/C(=O)C(=O)N(c3ccc(C(=O)OC(C)C)cc3)C2c2ccncc2)ccc1OC(C)C. The third-order valence-electron chi connectivity index (χ3n) is 6.00. The van der Waals surface area contributed by atoms with E-state index in [1.54, 1.807) is 80.8 Å². The van der Waals surface area contributed by atoms with Crippen molar-refractivity contribution in [3.63, 3.8) is 0 Å². The minimum atomic E-state index is -0.904. The molecule has 2 aromatic carbocycles. The fourth-order valence-corrected chi connectivity index (χ4v) is 4.34. The molecule has 1 aliphatic rings. The van der Waals surface area contributed by atoms with Gasteiger partial charge in [-0.2, -0.15) is 0 Å². The summed E-state index contributed by atoms with van der Waals surface area (Å²) in [5, 5.41) is 11.4. The number of benzene rings is 2. The first-order chi connectivity index (χ1) is 18.1. The van der Waals surface area contributed by atoms with E-state index in [2.05, 4.69) is 4.98 Å². The van der Waals surface area contributed by atoms with E-state index < -0.39 is 23.7 Å². The van der Waals surface area contributed by atoms with Crippen LogP contribution in [0.2, 0.25) is 0 Å². The third kappa shape index (κ3) is 5.29. The number of ether oxygens (including phenoxy) is 2. The van der Waals surface area contributed by atoms with Crippen molar-refractivity contribution in [1.82, 2.24) is 4.98 Å². The van der Waals surface area contributed by atoms with Crippen LogP contribution in [-0.4, -0.2) is 40.0 Å². The Morgan fingerprint density at radius 1 is 0.921 bits per heavy atom. The van der Waals surface area contributed by atoms with Crippen LogP contribution in [-0.2, 0) is 14.3 Å². The number of aliphatic hydroxyl groups excluding tert-OH is 1. The van der Waals surface area contributed by atoms with Gasteiger partial charge in [-0.15, -0.1) is 0 Å². The fraction of sp³-hybridized carbons (Fsp3) is 0.267. The van der Waals surface area contributed by atoms with Crippen molar-refractivity contribution >= 4 is 29.1 Å². The lowest BCUT2D eigenvalue weighted by Crippen LogP contribution is -2.29. The molecule has 1 saturated heterocycles. The Labute approximate surface area is 221 Å². The molecule has 196 valence electrons. The number of carbonyl (C=O) groups is 3. The fourth-order valence-electron chi connectivity index (χ4n) is 4.34. The van der Waals surface area contributed by atoms with Gasteiger partial charge in [0.1, 0.15) is 11.5 Å². The number of aliphatic hydroxyl groups is 1. The largest absolute Gasteiger partial charge is 0.507 e. The molecule has 0 radical (unpaired) electrons. The molecule has 0 saturated carbocycles. The van der Waals surface area contributed by atoms with Crippen molar-refractivity contribution in [2.45, 2.75) is 52.9 Å². The smallest absolute Gasteiger partial charge is 0.338 e. The van der Waals surface area contributed by atoms with Gasteiger partial charge < -0.3 is 14.6 Å². The predicted molar refractivity (Wildman–Crippen MR) is 143 cm³/mol. The predicted octanol–water partition coefficient (Wildman–Crippen LogP) is 5.37. The van der Waals surface area contributed by atoms with Crippen LogP contribution in [0.1, 0.15) is 60.8 Å². The van der Waals surface area contributed by atoms with E-state index in [0.717, 1.165) is 5.56 Å². The quantitative estimate of drug-likeness (QED) is 0.196. The average Bonchev–Trinajstić information content (AvgIpc) is 3.15. The molecule has 1 aromatic heterocycles. The Bertz CT molecular complexity index is 1390. The van der Waals surface area contributed by atoms with Crippen LogP contribution in [0.15, 0.2) is 72.6 Å². The molecule has 1 N–H and O–H groups in total. The number of hydrogen-bond donors (Lipinski definition) is 1. The second kappa shape index (κ2) is 10.9. The van der Waals surface area contributed by atoms with Crippen LogP contribution in [0.5, 0.6) is 5.75 Å². The number of nitrogens with zero attached hydrogens (tertiary/aromatic N) is 2. The van der Waals surface area contributed by atoms with Gasteiger partial charge in [0.15, 0.2) is 0 Å². The first-order valence-corrected chi connectivity index (χ1v) is 12.4. The van der Waals surface area contributed by atoms with Gasteiger partial charge in [-0.3, -0.25) is 19.5 Å². The van der Waals surface area contributed by atoms with Crippen LogP contribution >= 0.6 is 0 Å². The van der Waals surface area contributed by atoms with Crippen molar-refractivity contribution in [3.8, 4) is 5.75 Å². The van der Waals surface area contributed by atoms with Gasteiger partial charge in [0.2, 0.25) is 0 Å². The summed E-state index contributed by atoms with van der Waals surface area (Å²) in [7, 11) is 0. The molecular weight excluding hydrogens is 484 g/mol. The topological polar surface area (TPSA) is 106 Å². The molecule has 1 atom stereocenters. The summed E-state index contributed by atoms with van der Waals surface area (Å²) in [5.41, 5.74) is 2.44. The normalized spacial score (nSPS) is 16.8. The number of Topliss-reactive ketones (excluding diaryl/α,β-unsaturated/α-hetero) is 1. The summed E-state index contributed by atoms with van der Waals surface area (Å²) in [6, 6.07) is 13.8. The van der Waals surface area contributed by atoms with Gasteiger partial charge in [-0.25, -0.2) is 4.79 Å². The zero-order chi connectivity index (χ0) is 27.6. The molecule has 1 amide bonds. The van der Waals surface area contributed by atoms with E-state index >= 15 is 0 Å². The zero-order valence-corrected chi connectivity index (χ0v) is 22.0. The first-order valence-electron chi connectivity index (χ1n) is 12.4. The lowest BCUT2D eigenvalue weighted by Gasteiger charge is -2.25. The Morgan fingerprint density at radius 2 is 1.55 bits per heavy atom. The molecule has 0 bridgehead atoms. The molecule has 1 aliphatic heterocycles. The van der Waals surface area contributed by atoms with Gasteiger partial charge in [0, 0.05) is 23.6 Å². The van der Waals surface area contributed by atoms with Crippen LogP contribution in [0.4, 0.5) is 5.69 Å². The number of aromatic nitrogens is 1. The highest BCUT2D eigenvalue weighted by molar-refractivity contribution is 6.51. The number of aryl methyl sites for hydroxylation is 1. The molecule has 2 heterocycles. The van der Waals surface area contributed by atoms with Crippen molar-refractivity contribution < 1.29 is 29.0 Å². The molecule has 38 heavy (non-hydrogen) atoms. The van der Waals surface area contributed by atoms with E-state index in [-0.39, 0.29) is 23.5 Å². The molecule has 8 nitrogen and oxygen atoms in total. The maximum Gasteiger partial charge on any atom is 0.338 e. The number of esters is 1. The summed E-state index contributed by atoms with van der Waals surface area (Å²) in [4.78, 5) is 44.4. The Hall–Kier alpha value is -4.46. The highest BCUT2D eigenvalue weighted by Gasteiger charge is 2.47. The maximum atomic E-state index is 13.4. The number of rotatable bonds is 7. The molecule has 0 aliphatic carbocycles. The molecular formula is C30H30N2O6. The van der Waals surface area contributed by atoms with Crippen LogP contribution in [0.25, 0.3) is 5.76 Å². The molecule has 1 unspecified atom stereocenters. The number of hydrogen-bond acceptors (Lipinski definition) is 7. The van der Waals surface area contributed by atoms with Gasteiger partial charge in [0.05, 0.1) is 29.4 Å². The highest BCUT2D eigenvalue weighted by atomic mass is 16.5. The number of pyridine rings is 1. The number of ketones is 1. The van der Waals surface area contributed by atoms with Crippen LogP contribution in [0.3, 0.4) is 0 Å². The summed E-state index contributed by atoms with van der Waals surface area (Å²) in [5.74, 6) is -1.71. The number of anilines is 1. The Balaban J connectivity index is 1.80. The van der Waals surface area contributed by atoms with Crippen molar-refractivity contribution in [1.29, 1.82) is 0 Å². The monoisotopic (exact) mass is 514 g/mol. The average molecular weight is 515 g/mol. The standard InChI is InChI=1S/C30H30N2O6/c1-17(2)37-24-11-8-22(16-19(24)5)27(33)25-26(20-12-14-31-15-13-20)32(29(35)28(25)34)23-9-6-21(7-10-23)30(36)38-18(3)4/h6-18,26,33H,1-5H3/b27-25-. The van der Waals surface area contributed by atoms with E-state index in [0.29, 0.717) is 28.1 Å². The van der Waals surface area contributed by atoms with Gasteiger partial charge in [0.25, 0.3) is 11.7 Å². The third-order valence-corrected chi connectivity index (χ3v) is 6.00. The van der Waals surface area contributed by atoms with Crippen molar-refractivity contribution in [3.05, 3.63) is 94.8 Å². The van der Waals surface area contributed by atoms with E-state index in [1.165, 1.54) is 4.90 Å². The van der Waals surface area contributed by atoms with E-state index in [9.17, 15) is 19.5 Å². The minimum absolute atomic E-state index is 0.0243. The second-order valence-electron chi connectivity index (χ2n) is 9.60. The maximum absolute atomic E-state index is 13.4. The molecule has 1 fully saturated rings. The molecule has 3 aromatic rings. The van der Waals surface area contributed by atoms with Crippen molar-refractivity contribution in [2.75, 3.05) is 4.90 Å². The Morgan fingerprint density at radius 3 is 2.13 bits per heavy atom. The minimum Gasteiger partial charge on any atom is -0.507 e. The first kappa shape index (κ1) is 26.6. The molecule has 0 spiro atoms. The summed E-state index contributed by atoms with van der Waals surface area (Å²) < 4.78 is 11.0. The number of carbonyl (C=O) groups excluding carboxylic acids is 3. The summed E-state index contributed by atoms with van der Waals surface area (Å²) >= 11 is 0. The van der Waals surface area contributed by atoms with E-state index in [1.807, 2.05) is 20.8 Å². The zero-order valence-electron chi connectivity index (χ0n) is 22.0. The van der Waals surface area contributed by atoms with Gasteiger partial charge in [-0.1, -0.05) is 0 Å². The number of amides is 1. The molecule has 8 heteroatoms. The lowest BCUT2D eigenvalue weighted by molar-refractivity contribution is -0.132. The van der Waals surface area contributed by atoms with E-state index in [4.69, 9.17) is 9.47 Å². The van der Waals surface area contributed by atoms with Crippen molar-refractivity contribution in [2.24, 2.45) is 0 Å². The summed E-state index contributed by atoms with van der Waals surface area (Å²) in [6.45, 7) is 9.20. The second-order valence-corrected chi connectivity index (χ2v) is 9.60. The summed E-state index contributed by atoms with van der Waals surface area (Å²) in [6.07, 6.45) is 2.82. The van der Waals surface area contributed by atoms with Gasteiger partial charge in [-0.05, 0) is 100 Å².